The van der Waals surface area contributed by atoms with Crippen LogP contribution in [-0.2, 0) is 4.79 Å². The molecule has 3 rings (SSSR count). The molecular weight excluding hydrogens is 222 g/mol. The quantitative estimate of drug-likeness (QED) is 0.797. The molecule has 1 aliphatic carbocycles. The fourth-order valence-corrected chi connectivity index (χ4v) is 3.12. The number of hydrogen-bond donors (Lipinski definition) is 1. The Balaban J connectivity index is 1.95. The van der Waals surface area contributed by atoms with Gasteiger partial charge in [0, 0.05) is 17.5 Å². The van der Waals surface area contributed by atoms with E-state index in [9.17, 15) is 4.79 Å². The zero-order chi connectivity index (χ0) is 11.2. The summed E-state index contributed by atoms with van der Waals surface area (Å²) in [4.78, 5) is 11.9. The lowest BCUT2D eigenvalue weighted by Crippen LogP contribution is -2.40. The molecule has 3 heteroatoms. The largest absolute Gasteiger partial charge is 0.355 e. The predicted molar refractivity (Wildman–Crippen MR) is 63.5 cm³/mol. The van der Waals surface area contributed by atoms with Crippen LogP contribution < -0.4 is 5.32 Å². The van der Waals surface area contributed by atoms with Crippen molar-refractivity contribution in [1.82, 2.24) is 5.32 Å². The zero-order valence-corrected chi connectivity index (χ0v) is 9.76. The molecule has 16 heavy (non-hydrogen) atoms. The van der Waals surface area contributed by atoms with Gasteiger partial charge in [-0.1, -0.05) is 30.2 Å². The number of carbonyl (C=O) groups is 1. The summed E-state index contributed by atoms with van der Waals surface area (Å²) in [6.07, 6.45) is 3.25. The van der Waals surface area contributed by atoms with E-state index in [1.165, 1.54) is 12.0 Å². The van der Waals surface area contributed by atoms with Gasteiger partial charge in [0.15, 0.2) is 0 Å². The van der Waals surface area contributed by atoms with E-state index in [4.69, 9.17) is 11.6 Å². The molecule has 1 aliphatic heterocycles. The number of carbonyl (C=O) groups excluding carboxylic acids is 1. The van der Waals surface area contributed by atoms with Crippen molar-refractivity contribution in [2.24, 2.45) is 5.41 Å². The molecule has 0 radical (unpaired) electrons. The normalized spacial score (nSPS) is 26.6. The predicted octanol–water partition coefficient (Wildman–Crippen LogP) is 2.72. The van der Waals surface area contributed by atoms with Crippen LogP contribution in [0.4, 0.5) is 0 Å². The highest BCUT2D eigenvalue weighted by Crippen LogP contribution is 2.54. The highest BCUT2D eigenvalue weighted by molar-refractivity contribution is 6.30. The minimum atomic E-state index is -0.103. The van der Waals surface area contributed by atoms with Crippen LogP contribution in [0.2, 0.25) is 5.02 Å². The molecule has 2 aliphatic rings. The molecule has 84 valence electrons. The molecule has 1 unspecified atom stereocenters. The van der Waals surface area contributed by atoms with Gasteiger partial charge < -0.3 is 5.32 Å². The lowest BCUT2D eigenvalue weighted by atomic mass is 9.61. The van der Waals surface area contributed by atoms with Crippen LogP contribution in [0.25, 0.3) is 0 Å². The molecule has 0 aromatic heterocycles. The fourth-order valence-electron chi connectivity index (χ4n) is 2.99. The van der Waals surface area contributed by atoms with Gasteiger partial charge in [0.05, 0.1) is 5.41 Å². The molecule has 1 spiro atoms. The van der Waals surface area contributed by atoms with E-state index in [1.807, 2.05) is 24.3 Å². The molecule has 1 atom stereocenters. The van der Waals surface area contributed by atoms with Crippen molar-refractivity contribution in [3.63, 3.8) is 0 Å². The summed E-state index contributed by atoms with van der Waals surface area (Å²) in [5, 5.41) is 3.76. The third-order valence-electron chi connectivity index (χ3n) is 4.10. The van der Waals surface area contributed by atoms with E-state index < -0.39 is 0 Å². The smallest absolute Gasteiger partial charge is 0.226 e. The monoisotopic (exact) mass is 235 g/mol. The van der Waals surface area contributed by atoms with Gasteiger partial charge in [-0.15, -0.1) is 0 Å². The third kappa shape index (κ3) is 1.29. The minimum Gasteiger partial charge on any atom is -0.355 e. The summed E-state index contributed by atoms with van der Waals surface area (Å²) in [5.74, 6) is 0.588. The van der Waals surface area contributed by atoms with Crippen molar-refractivity contribution < 1.29 is 4.79 Å². The van der Waals surface area contributed by atoms with Crippen molar-refractivity contribution in [2.75, 3.05) is 6.54 Å². The van der Waals surface area contributed by atoms with Crippen molar-refractivity contribution in [2.45, 2.75) is 25.2 Å². The summed E-state index contributed by atoms with van der Waals surface area (Å²) in [7, 11) is 0. The van der Waals surface area contributed by atoms with Crippen molar-refractivity contribution in [3.05, 3.63) is 34.9 Å². The first kappa shape index (κ1) is 10.2. The molecular formula is C13H14ClNO. The second kappa shape index (κ2) is 3.49. The first-order valence-corrected chi connectivity index (χ1v) is 6.14. The zero-order valence-electron chi connectivity index (χ0n) is 9.00. The van der Waals surface area contributed by atoms with Gasteiger partial charge in [-0.05, 0) is 30.5 Å². The van der Waals surface area contributed by atoms with E-state index in [-0.39, 0.29) is 11.3 Å². The Morgan fingerprint density at radius 1 is 1.25 bits per heavy atom. The van der Waals surface area contributed by atoms with Crippen LogP contribution in [0, 0.1) is 5.41 Å². The van der Waals surface area contributed by atoms with Crippen LogP contribution >= 0.6 is 11.6 Å². The van der Waals surface area contributed by atoms with Gasteiger partial charge in [0.2, 0.25) is 5.91 Å². The Morgan fingerprint density at radius 3 is 2.50 bits per heavy atom. The van der Waals surface area contributed by atoms with E-state index in [0.717, 1.165) is 24.4 Å². The highest BCUT2D eigenvalue weighted by Gasteiger charge is 2.54. The first-order valence-electron chi connectivity index (χ1n) is 5.76. The van der Waals surface area contributed by atoms with Gasteiger partial charge in [0.1, 0.15) is 0 Å². The highest BCUT2D eigenvalue weighted by atomic mass is 35.5. The molecule has 1 aromatic rings. The lowest BCUT2D eigenvalue weighted by molar-refractivity contribution is -0.132. The average molecular weight is 236 g/mol. The molecule has 0 bridgehead atoms. The third-order valence-corrected chi connectivity index (χ3v) is 4.36. The molecule has 1 saturated carbocycles. The summed E-state index contributed by atoms with van der Waals surface area (Å²) in [5.41, 5.74) is 1.14. The molecule has 2 fully saturated rings. The Hall–Kier alpha value is -1.02. The summed E-state index contributed by atoms with van der Waals surface area (Å²) in [6, 6.07) is 7.92. The number of hydrogen-bond acceptors (Lipinski definition) is 1. The molecule has 2 nitrogen and oxygen atoms in total. The number of amides is 1. The second-order valence-electron chi connectivity index (χ2n) is 4.82. The average Bonchev–Trinajstić information content (AvgIpc) is 2.56. The van der Waals surface area contributed by atoms with Gasteiger partial charge in [-0.3, -0.25) is 4.79 Å². The van der Waals surface area contributed by atoms with E-state index in [2.05, 4.69) is 5.32 Å². The maximum atomic E-state index is 11.9. The summed E-state index contributed by atoms with van der Waals surface area (Å²) >= 11 is 5.88. The topological polar surface area (TPSA) is 29.1 Å². The van der Waals surface area contributed by atoms with Crippen LogP contribution in [-0.4, -0.2) is 12.5 Å². The number of benzene rings is 1. The SMILES string of the molecule is O=C1NCC(c2ccc(Cl)cc2)C12CCC2. The minimum absolute atomic E-state index is 0.103. The Morgan fingerprint density at radius 2 is 1.94 bits per heavy atom. The van der Waals surface area contributed by atoms with Crippen LogP contribution in [0.5, 0.6) is 0 Å². The van der Waals surface area contributed by atoms with Gasteiger partial charge in [-0.2, -0.15) is 0 Å². The second-order valence-corrected chi connectivity index (χ2v) is 5.26. The molecule has 1 saturated heterocycles. The van der Waals surface area contributed by atoms with Crippen molar-refractivity contribution >= 4 is 17.5 Å². The summed E-state index contributed by atoms with van der Waals surface area (Å²) in [6.45, 7) is 0.778. The van der Waals surface area contributed by atoms with E-state index in [1.54, 1.807) is 0 Å². The van der Waals surface area contributed by atoms with Crippen LogP contribution in [0.15, 0.2) is 24.3 Å². The Labute approximate surface area is 100.0 Å². The maximum Gasteiger partial charge on any atom is 0.226 e. The maximum absolute atomic E-state index is 11.9. The number of halogens is 1. The van der Waals surface area contributed by atoms with E-state index >= 15 is 0 Å². The molecule has 1 N–H and O–H groups in total. The summed E-state index contributed by atoms with van der Waals surface area (Å²) < 4.78 is 0. The van der Waals surface area contributed by atoms with Crippen molar-refractivity contribution in [1.29, 1.82) is 0 Å². The van der Waals surface area contributed by atoms with Gasteiger partial charge in [0.25, 0.3) is 0 Å². The van der Waals surface area contributed by atoms with Gasteiger partial charge in [-0.25, -0.2) is 0 Å². The molecule has 1 heterocycles. The number of rotatable bonds is 1. The fraction of sp³-hybridized carbons (Fsp3) is 0.462. The van der Waals surface area contributed by atoms with E-state index in [0.29, 0.717) is 5.92 Å². The van der Waals surface area contributed by atoms with Crippen LogP contribution in [0.1, 0.15) is 30.7 Å². The van der Waals surface area contributed by atoms with Crippen LogP contribution in [0.3, 0.4) is 0 Å². The standard InChI is InChI=1S/C13H14ClNO/c14-10-4-2-9(3-5-10)11-8-15-12(16)13(11)6-1-7-13/h2-5,11H,1,6-8H2,(H,15,16). The molecule has 1 amide bonds. The Kier molecular flexibility index (Phi) is 2.21. The number of nitrogens with one attached hydrogen (secondary N) is 1. The molecule has 1 aromatic carbocycles. The van der Waals surface area contributed by atoms with Gasteiger partial charge >= 0.3 is 0 Å². The Bertz CT molecular complexity index is 422. The first-order chi connectivity index (χ1) is 7.72. The van der Waals surface area contributed by atoms with Crippen molar-refractivity contribution in [3.8, 4) is 0 Å². The lowest BCUT2D eigenvalue weighted by Gasteiger charge is -2.40.